The average Bonchev–Trinajstić information content (AvgIpc) is 3.19. The summed E-state index contributed by atoms with van der Waals surface area (Å²) in [5.41, 5.74) is 3.41. The molecule has 2 aromatic heterocycles. The van der Waals surface area contributed by atoms with E-state index in [1.54, 1.807) is 14.2 Å². The zero-order valence-electron chi connectivity index (χ0n) is 18.8. The molecule has 8 heteroatoms. The van der Waals surface area contributed by atoms with Gasteiger partial charge >= 0.3 is 0 Å². The number of fused-ring (bicyclic) bond motifs is 1. The molecule has 0 bridgehead atoms. The molecule has 1 amide bonds. The zero-order valence-corrected chi connectivity index (χ0v) is 18.8. The first-order chi connectivity index (χ1) is 15.4. The number of aromatic nitrogens is 3. The molecule has 2 aliphatic rings. The van der Waals surface area contributed by atoms with E-state index in [4.69, 9.17) is 19.2 Å². The van der Waals surface area contributed by atoms with Gasteiger partial charge in [-0.15, -0.1) is 0 Å². The smallest absolute Gasteiger partial charge is 0.241 e. The second kappa shape index (κ2) is 7.69. The molecule has 168 valence electrons. The Labute approximate surface area is 186 Å². The molecule has 0 radical (unpaired) electrons. The van der Waals surface area contributed by atoms with Gasteiger partial charge < -0.3 is 24.1 Å². The molecule has 2 fully saturated rings. The van der Waals surface area contributed by atoms with Gasteiger partial charge in [-0.3, -0.25) is 4.79 Å². The lowest BCUT2D eigenvalue weighted by atomic mass is 10.0. The van der Waals surface area contributed by atoms with Crippen LogP contribution in [0.15, 0.2) is 30.6 Å². The number of pyridine rings is 1. The van der Waals surface area contributed by atoms with Gasteiger partial charge in [0.1, 0.15) is 11.6 Å². The molecule has 1 saturated heterocycles. The maximum atomic E-state index is 11.7. The minimum absolute atomic E-state index is 0.0491. The van der Waals surface area contributed by atoms with Crippen LogP contribution < -0.4 is 19.5 Å². The van der Waals surface area contributed by atoms with Gasteiger partial charge in [0.05, 0.1) is 31.8 Å². The van der Waals surface area contributed by atoms with Crippen LogP contribution in [0, 0.1) is 5.92 Å². The minimum Gasteiger partial charge on any atom is -0.493 e. The number of nitrogens with zero attached hydrogens (tertiary/aromatic N) is 3. The largest absolute Gasteiger partial charge is 0.493 e. The van der Waals surface area contributed by atoms with Crippen LogP contribution >= 0.6 is 0 Å². The fourth-order valence-corrected chi connectivity index (χ4v) is 4.29. The van der Waals surface area contributed by atoms with Gasteiger partial charge in [0.15, 0.2) is 11.5 Å². The van der Waals surface area contributed by atoms with Crippen molar-refractivity contribution in [2.24, 2.45) is 5.92 Å². The van der Waals surface area contributed by atoms with Crippen LogP contribution in [-0.2, 0) is 10.3 Å². The summed E-state index contributed by atoms with van der Waals surface area (Å²) >= 11 is 0. The lowest BCUT2D eigenvalue weighted by molar-refractivity contribution is -0.119. The minimum atomic E-state index is -0.166. The molecule has 1 aromatic carbocycles. The molecular formula is C24H28N4O4. The van der Waals surface area contributed by atoms with E-state index in [2.05, 4.69) is 21.8 Å². The standard InChI is InChI=1S/C24H28N4O4/c1-14(16-10-21(29)25-12-16)32-23-22-18(26-13-28(22)24(2)7-8-24)11-17(27-23)15-5-6-19(30-3)20(9-15)31-4/h5-6,9,11,13-14,16H,7-8,10,12H2,1-4H3,(H,25,29). The predicted molar refractivity (Wildman–Crippen MR) is 120 cm³/mol. The van der Waals surface area contributed by atoms with Crippen molar-refractivity contribution in [2.45, 2.75) is 44.8 Å². The first-order valence-electron chi connectivity index (χ1n) is 11.0. The van der Waals surface area contributed by atoms with Crippen LogP contribution in [-0.4, -0.2) is 47.3 Å². The van der Waals surface area contributed by atoms with Crippen molar-refractivity contribution < 1.29 is 19.0 Å². The monoisotopic (exact) mass is 436 g/mol. The average molecular weight is 437 g/mol. The molecule has 8 nitrogen and oxygen atoms in total. The maximum Gasteiger partial charge on any atom is 0.241 e. The lowest BCUT2D eigenvalue weighted by Crippen LogP contribution is -2.26. The van der Waals surface area contributed by atoms with Crippen molar-refractivity contribution in [3.63, 3.8) is 0 Å². The van der Waals surface area contributed by atoms with E-state index >= 15 is 0 Å². The molecule has 1 N–H and O–H groups in total. The summed E-state index contributed by atoms with van der Waals surface area (Å²) in [5, 5.41) is 2.89. The molecule has 5 rings (SSSR count). The SMILES string of the molecule is COc1ccc(-c2cc3ncn(C4(C)CC4)c3c(OC(C)C3CNC(=O)C3)n2)cc1OC. The van der Waals surface area contributed by atoms with Gasteiger partial charge in [-0.2, -0.15) is 0 Å². The fourth-order valence-electron chi connectivity index (χ4n) is 4.29. The van der Waals surface area contributed by atoms with Gasteiger partial charge in [0.25, 0.3) is 0 Å². The van der Waals surface area contributed by atoms with Crippen LogP contribution in [0.1, 0.15) is 33.1 Å². The molecule has 3 aromatic rings. The van der Waals surface area contributed by atoms with Crippen LogP contribution in [0.3, 0.4) is 0 Å². The number of amides is 1. The Kier molecular flexibility index (Phi) is 4.95. The Morgan fingerprint density at radius 3 is 2.62 bits per heavy atom. The third kappa shape index (κ3) is 3.53. The van der Waals surface area contributed by atoms with Gasteiger partial charge in [-0.1, -0.05) is 0 Å². The highest BCUT2D eigenvalue weighted by atomic mass is 16.5. The van der Waals surface area contributed by atoms with Crippen molar-refractivity contribution in [3.05, 3.63) is 30.6 Å². The maximum absolute atomic E-state index is 11.7. The summed E-state index contributed by atoms with van der Waals surface area (Å²) in [6.45, 7) is 4.85. The Morgan fingerprint density at radius 1 is 1.19 bits per heavy atom. The van der Waals surface area contributed by atoms with Crippen LogP contribution in [0.5, 0.6) is 17.4 Å². The van der Waals surface area contributed by atoms with Crippen LogP contribution in [0.4, 0.5) is 0 Å². The summed E-state index contributed by atoms with van der Waals surface area (Å²) in [6.07, 6.45) is 4.39. The first kappa shape index (κ1) is 20.6. The Bertz CT molecular complexity index is 1180. The number of hydrogen-bond acceptors (Lipinski definition) is 6. The number of methoxy groups -OCH3 is 2. The molecule has 0 spiro atoms. The summed E-state index contributed by atoms with van der Waals surface area (Å²) in [6, 6.07) is 7.69. The molecule has 1 saturated carbocycles. The summed E-state index contributed by atoms with van der Waals surface area (Å²) in [7, 11) is 3.23. The number of carbonyl (C=O) groups excluding carboxylic acids is 1. The normalized spacial score (nSPS) is 20.1. The second-order valence-corrected chi connectivity index (χ2v) is 8.95. The van der Waals surface area contributed by atoms with E-state index < -0.39 is 0 Å². The highest BCUT2D eigenvalue weighted by Gasteiger charge is 2.41. The molecule has 3 heterocycles. The van der Waals surface area contributed by atoms with Crippen LogP contribution in [0.25, 0.3) is 22.3 Å². The highest BCUT2D eigenvalue weighted by molar-refractivity contribution is 5.85. The van der Waals surface area contributed by atoms with Crippen LogP contribution in [0.2, 0.25) is 0 Å². The van der Waals surface area contributed by atoms with Gasteiger partial charge in [0, 0.05) is 30.0 Å². The third-order valence-corrected chi connectivity index (χ3v) is 6.70. The Balaban J connectivity index is 1.59. The number of carbonyl (C=O) groups is 1. The molecular weight excluding hydrogens is 408 g/mol. The summed E-state index contributed by atoms with van der Waals surface area (Å²) in [4.78, 5) is 21.3. The molecule has 1 aliphatic carbocycles. The third-order valence-electron chi connectivity index (χ3n) is 6.70. The highest BCUT2D eigenvalue weighted by Crippen LogP contribution is 2.46. The molecule has 2 atom stereocenters. The summed E-state index contributed by atoms with van der Waals surface area (Å²) < 4.78 is 19.5. The van der Waals surface area contributed by atoms with E-state index in [0.29, 0.717) is 30.3 Å². The van der Waals surface area contributed by atoms with Gasteiger partial charge in [-0.05, 0) is 51.0 Å². The Morgan fingerprint density at radius 2 is 1.97 bits per heavy atom. The van der Waals surface area contributed by atoms with E-state index in [0.717, 1.165) is 35.1 Å². The van der Waals surface area contributed by atoms with Crippen molar-refractivity contribution in [1.82, 2.24) is 19.9 Å². The number of imidazole rings is 1. The second-order valence-electron chi connectivity index (χ2n) is 8.95. The quantitative estimate of drug-likeness (QED) is 0.610. The number of rotatable bonds is 7. The fraction of sp³-hybridized carbons (Fsp3) is 0.458. The topological polar surface area (TPSA) is 87.5 Å². The van der Waals surface area contributed by atoms with Crippen molar-refractivity contribution >= 4 is 16.9 Å². The first-order valence-corrected chi connectivity index (χ1v) is 11.0. The summed E-state index contributed by atoms with van der Waals surface area (Å²) in [5.74, 6) is 2.01. The molecule has 2 unspecified atom stereocenters. The Hall–Kier alpha value is -3.29. The number of nitrogens with one attached hydrogen (secondary N) is 1. The van der Waals surface area contributed by atoms with Gasteiger partial charge in [0.2, 0.25) is 11.8 Å². The van der Waals surface area contributed by atoms with E-state index in [1.807, 2.05) is 37.5 Å². The molecule has 1 aliphatic heterocycles. The van der Waals surface area contributed by atoms with E-state index in [9.17, 15) is 4.79 Å². The number of hydrogen-bond donors (Lipinski definition) is 1. The van der Waals surface area contributed by atoms with Crippen molar-refractivity contribution in [2.75, 3.05) is 20.8 Å². The van der Waals surface area contributed by atoms with Gasteiger partial charge in [-0.25, -0.2) is 9.97 Å². The number of ether oxygens (including phenoxy) is 3. The predicted octanol–water partition coefficient (Wildman–Crippen LogP) is 3.53. The van der Waals surface area contributed by atoms with E-state index in [-0.39, 0.29) is 23.5 Å². The molecule has 32 heavy (non-hydrogen) atoms. The van der Waals surface area contributed by atoms with Crippen molar-refractivity contribution in [1.29, 1.82) is 0 Å². The zero-order chi connectivity index (χ0) is 22.5. The van der Waals surface area contributed by atoms with Crippen molar-refractivity contribution in [3.8, 4) is 28.6 Å². The number of benzene rings is 1. The lowest BCUT2D eigenvalue weighted by Gasteiger charge is -2.21. The van der Waals surface area contributed by atoms with E-state index in [1.165, 1.54) is 0 Å².